The van der Waals surface area contributed by atoms with Crippen molar-refractivity contribution in [3.8, 4) is 0 Å². The average molecular weight is 434 g/mol. The Morgan fingerprint density at radius 1 is 1.26 bits per heavy atom. The fourth-order valence-corrected chi connectivity index (χ4v) is 3.34. The van der Waals surface area contributed by atoms with Gasteiger partial charge in [0.1, 0.15) is 6.10 Å². The van der Waals surface area contributed by atoms with E-state index in [0.717, 1.165) is 29.8 Å². The van der Waals surface area contributed by atoms with E-state index in [9.17, 15) is 19.1 Å². The number of carbonyl (C=O) groups excluding carboxylic acids is 1. The molecule has 1 fully saturated rings. The third-order valence-corrected chi connectivity index (χ3v) is 5.06. The first-order valence-electron chi connectivity index (χ1n) is 7.71. The van der Waals surface area contributed by atoms with E-state index in [-0.39, 0.29) is 5.92 Å². The minimum Gasteiger partial charge on any atom is -0.479 e. The van der Waals surface area contributed by atoms with E-state index in [1.54, 1.807) is 24.3 Å². The van der Waals surface area contributed by atoms with Crippen molar-refractivity contribution < 1.29 is 23.8 Å². The molecule has 0 amide bonds. The van der Waals surface area contributed by atoms with Crippen LogP contribution < -0.4 is 0 Å². The number of aliphatic carboxylic acids is 1. The predicted molar refractivity (Wildman–Crippen MR) is 92.1 cm³/mol. The van der Waals surface area contributed by atoms with E-state index in [1.807, 2.05) is 0 Å². The van der Waals surface area contributed by atoms with Crippen molar-refractivity contribution in [1.29, 1.82) is 0 Å². The Morgan fingerprint density at radius 3 is 2.35 bits per heavy atom. The number of halogens is 2. The molecular formula is C17H20FIO4. The van der Waals surface area contributed by atoms with Gasteiger partial charge in [-0.25, -0.2) is 14.0 Å². The van der Waals surface area contributed by atoms with Gasteiger partial charge in [0.15, 0.2) is 0 Å². The lowest BCUT2D eigenvalue weighted by Gasteiger charge is -2.35. The summed E-state index contributed by atoms with van der Waals surface area (Å²) >= 11 is 2.11. The topological polar surface area (TPSA) is 63.6 Å². The van der Waals surface area contributed by atoms with Gasteiger partial charge in [0.2, 0.25) is 5.67 Å². The maximum absolute atomic E-state index is 14.7. The summed E-state index contributed by atoms with van der Waals surface area (Å²) in [4.78, 5) is 23.6. The van der Waals surface area contributed by atoms with E-state index < -0.39 is 23.7 Å². The van der Waals surface area contributed by atoms with Crippen molar-refractivity contribution >= 4 is 34.5 Å². The van der Waals surface area contributed by atoms with Gasteiger partial charge >= 0.3 is 11.9 Å². The summed E-state index contributed by atoms with van der Waals surface area (Å²) in [7, 11) is 0. The van der Waals surface area contributed by atoms with Crippen molar-refractivity contribution in [2.45, 2.75) is 50.8 Å². The second kappa shape index (κ2) is 7.59. The van der Waals surface area contributed by atoms with E-state index >= 15 is 0 Å². The molecule has 1 saturated carbocycles. The molecule has 0 heterocycles. The lowest BCUT2D eigenvalue weighted by atomic mass is 9.79. The number of benzene rings is 1. The highest BCUT2D eigenvalue weighted by Gasteiger charge is 2.49. The van der Waals surface area contributed by atoms with Crippen molar-refractivity contribution in [1.82, 2.24) is 0 Å². The SMILES string of the molecule is CC(F)(C(=O)O)C(OC(=O)c1ccc(I)cc1)C1CCCCC1. The Bertz CT molecular complexity index is 564. The van der Waals surface area contributed by atoms with Crippen LogP contribution in [0.3, 0.4) is 0 Å². The van der Waals surface area contributed by atoms with Crippen molar-refractivity contribution in [2.24, 2.45) is 5.92 Å². The highest BCUT2D eigenvalue weighted by Crippen LogP contribution is 2.35. The highest BCUT2D eigenvalue weighted by atomic mass is 127. The molecule has 0 bridgehead atoms. The molecule has 2 atom stereocenters. The van der Waals surface area contributed by atoms with Gasteiger partial charge in [-0.15, -0.1) is 0 Å². The van der Waals surface area contributed by atoms with Crippen molar-refractivity contribution in [2.75, 3.05) is 0 Å². The van der Waals surface area contributed by atoms with Gasteiger partial charge in [0.25, 0.3) is 0 Å². The molecule has 23 heavy (non-hydrogen) atoms. The first-order valence-corrected chi connectivity index (χ1v) is 8.79. The largest absolute Gasteiger partial charge is 0.479 e. The van der Waals surface area contributed by atoms with E-state index in [0.29, 0.717) is 18.4 Å². The molecule has 0 aliphatic heterocycles. The van der Waals surface area contributed by atoms with Gasteiger partial charge in [-0.1, -0.05) is 19.3 Å². The number of carboxylic acid groups (broad SMARTS) is 1. The minimum absolute atomic E-state index is 0.261. The van der Waals surface area contributed by atoms with Crippen LogP contribution in [-0.4, -0.2) is 28.8 Å². The Kier molecular flexibility index (Phi) is 6.00. The lowest BCUT2D eigenvalue weighted by molar-refractivity contribution is -0.161. The molecule has 0 saturated heterocycles. The molecule has 1 aromatic carbocycles. The summed E-state index contributed by atoms with van der Waals surface area (Å²) in [6.07, 6.45) is 2.93. The number of alkyl halides is 1. The molecule has 0 radical (unpaired) electrons. The third kappa shape index (κ3) is 4.43. The van der Waals surface area contributed by atoms with Crippen molar-refractivity contribution in [3.05, 3.63) is 33.4 Å². The van der Waals surface area contributed by atoms with Crippen LogP contribution in [0.1, 0.15) is 49.4 Å². The molecule has 0 spiro atoms. The van der Waals surface area contributed by atoms with Crippen LogP contribution >= 0.6 is 22.6 Å². The zero-order valence-corrected chi connectivity index (χ0v) is 15.1. The summed E-state index contributed by atoms with van der Waals surface area (Å²) in [5.41, 5.74) is -2.30. The van der Waals surface area contributed by atoms with Gasteiger partial charge in [0, 0.05) is 3.57 Å². The van der Waals surface area contributed by atoms with Gasteiger partial charge in [-0.2, -0.15) is 0 Å². The highest BCUT2D eigenvalue weighted by molar-refractivity contribution is 14.1. The fourth-order valence-electron chi connectivity index (χ4n) is 2.98. The van der Waals surface area contributed by atoms with Crippen LogP contribution in [0.4, 0.5) is 4.39 Å². The normalized spacial score (nSPS) is 19.6. The van der Waals surface area contributed by atoms with Crippen LogP contribution in [0.5, 0.6) is 0 Å². The summed E-state index contributed by atoms with van der Waals surface area (Å²) in [5, 5.41) is 9.19. The van der Waals surface area contributed by atoms with Gasteiger partial charge < -0.3 is 9.84 Å². The summed E-state index contributed by atoms with van der Waals surface area (Å²) in [5.74, 6) is -2.53. The number of carbonyl (C=O) groups is 2. The quantitative estimate of drug-likeness (QED) is 0.557. The zero-order valence-electron chi connectivity index (χ0n) is 12.9. The molecule has 1 N–H and O–H groups in total. The summed E-state index contributed by atoms with van der Waals surface area (Å²) < 4.78 is 21.0. The Morgan fingerprint density at radius 2 is 1.83 bits per heavy atom. The molecule has 126 valence electrons. The molecule has 2 rings (SSSR count). The average Bonchev–Trinajstić information content (AvgIpc) is 2.53. The van der Waals surface area contributed by atoms with Crippen LogP contribution in [0.25, 0.3) is 0 Å². The lowest BCUT2D eigenvalue weighted by Crippen LogP contribution is -2.49. The van der Waals surface area contributed by atoms with Crippen molar-refractivity contribution in [3.63, 3.8) is 0 Å². The maximum Gasteiger partial charge on any atom is 0.345 e. The maximum atomic E-state index is 14.7. The standard InChI is InChI=1S/C17H20FIO4/c1-17(18,16(21)22)14(11-5-3-2-4-6-11)23-15(20)12-7-9-13(19)10-8-12/h7-11,14H,2-6H2,1H3,(H,21,22). The molecule has 1 aromatic rings. The Balaban J connectivity index is 2.21. The molecule has 6 heteroatoms. The molecule has 2 unspecified atom stereocenters. The molecule has 1 aliphatic rings. The molecular weight excluding hydrogens is 414 g/mol. The van der Waals surface area contributed by atoms with E-state index in [2.05, 4.69) is 22.6 Å². The fraction of sp³-hybridized carbons (Fsp3) is 0.529. The van der Waals surface area contributed by atoms with E-state index in [4.69, 9.17) is 4.74 Å². The van der Waals surface area contributed by atoms with Crippen LogP contribution in [0, 0.1) is 9.49 Å². The van der Waals surface area contributed by atoms with Gasteiger partial charge in [0.05, 0.1) is 5.56 Å². The third-order valence-electron chi connectivity index (χ3n) is 4.34. The predicted octanol–water partition coefficient (Wildman–Crippen LogP) is 4.21. The van der Waals surface area contributed by atoms with Crippen LogP contribution in [-0.2, 0) is 9.53 Å². The summed E-state index contributed by atoms with van der Waals surface area (Å²) in [6, 6.07) is 6.69. The minimum atomic E-state index is -2.60. The number of carboxylic acids is 1. The smallest absolute Gasteiger partial charge is 0.345 e. The number of hydrogen-bond donors (Lipinski definition) is 1. The van der Waals surface area contributed by atoms with Crippen LogP contribution in [0.15, 0.2) is 24.3 Å². The monoisotopic (exact) mass is 434 g/mol. The zero-order chi connectivity index (χ0) is 17.0. The second-order valence-corrected chi connectivity index (χ2v) is 7.36. The first kappa shape index (κ1) is 18.2. The Hall–Kier alpha value is -1.18. The summed E-state index contributed by atoms with van der Waals surface area (Å²) in [6.45, 7) is 0.982. The van der Waals surface area contributed by atoms with Gasteiger partial charge in [-0.3, -0.25) is 0 Å². The van der Waals surface area contributed by atoms with Gasteiger partial charge in [-0.05, 0) is 72.5 Å². The Labute approximate surface area is 148 Å². The number of hydrogen-bond acceptors (Lipinski definition) is 3. The second-order valence-electron chi connectivity index (χ2n) is 6.11. The van der Waals surface area contributed by atoms with E-state index in [1.165, 1.54) is 0 Å². The molecule has 0 aromatic heterocycles. The molecule has 4 nitrogen and oxygen atoms in total. The number of rotatable bonds is 5. The number of ether oxygens (including phenoxy) is 1. The first-order chi connectivity index (χ1) is 10.8. The number of esters is 1. The van der Waals surface area contributed by atoms with Crippen LogP contribution in [0.2, 0.25) is 0 Å². The molecule has 1 aliphatic carbocycles.